The van der Waals surface area contributed by atoms with E-state index in [0.29, 0.717) is 12.0 Å². The van der Waals surface area contributed by atoms with Crippen molar-refractivity contribution in [3.05, 3.63) is 53.9 Å². The standard InChI is InChI=1S/C19H21N3O3S/c1-13-8-14-4-2-3-5-18(14)22(13)17-9-15(10-20-11-17)19(23)21-16-6-7-26(24,25)12-16/h2-5,9-11,13,16H,6-8,12H2,1H3,(H,21,23). The molecule has 2 aliphatic rings. The molecule has 1 saturated heterocycles. The average Bonchev–Trinajstić information content (AvgIpc) is 3.12. The van der Waals surface area contributed by atoms with Gasteiger partial charge in [-0.25, -0.2) is 8.42 Å². The van der Waals surface area contributed by atoms with Crippen molar-refractivity contribution in [1.82, 2.24) is 10.3 Å². The fraction of sp³-hybridized carbons (Fsp3) is 0.368. The number of carbonyl (C=O) groups excluding carboxylic acids is 1. The Balaban J connectivity index is 1.57. The maximum absolute atomic E-state index is 12.5. The van der Waals surface area contributed by atoms with E-state index in [1.165, 1.54) is 11.8 Å². The van der Waals surface area contributed by atoms with Gasteiger partial charge in [0, 0.05) is 24.0 Å². The summed E-state index contributed by atoms with van der Waals surface area (Å²) >= 11 is 0. The van der Waals surface area contributed by atoms with Crippen molar-refractivity contribution < 1.29 is 13.2 Å². The summed E-state index contributed by atoms with van der Waals surface area (Å²) in [4.78, 5) is 19.0. The molecule has 2 aliphatic heterocycles. The van der Waals surface area contributed by atoms with Crippen LogP contribution in [0.15, 0.2) is 42.7 Å². The normalized spacial score (nSPS) is 23.7. The molecule has 7 heteroatoms. The van der Waals surface area contributed by atoms with Gasteiger partial charge in [0.05, 0.1) is 29.0 Å². The van der Waals surface area contributed by atoms with Crippen LogP contribution in [-0.2, 0) is 16.3 Å². The number of amides is 1. The first-order valence-corrected chi connectivity index (χ1v) is 10.6. The number of pyridine rings is 1. The zero-order valence-corrected chi connectivity index (χ0v) is 15.4. The van der Waals surface area contributed by atoms with Crippen molar-refractivity contribution in [2.75, 3.05) is 16.4 Å². The van der Waals surface area contributed by atoms with E-state index in [0.717, 1.165) is 17.8 Å². The molecule has 0 saturated carbocycles. The van der Waals surface area contributed by atoms with Gasteiger partial charge >= 0.3 is 0 Å². The molecule has 2 unspecified atom stereocenters. The zero-order chi connectivity index (χ0) is 18.3. The lowest BCUT2D eigenvalue weighted by Gasteiger charge is -2.25. The molecule has 0 radical (unpaired) electrons. The second-order valence-corrected chi connectivity index (χ2v) is 9.29. The number of nitrogens with zero attached hydrogens (tertiary/aromatic N) is 2. The molecule has 136 valence electrons. The van der Waals surface area contributed by atoms with E-state index in [4.69, 9.17) is 0 Å². The summed E-state index contributed by atoms with van der Waals surface area (Å²) in [6.45, 7) is 2.15. The summed E-state index contributed by atoms with van der Waals surface area (Å²) in [5.74, 6) is -0.123. The highest BCUT2D eigenvalue weighted by Crippen LogP contribution is 2.37. The fourth-order valence-electron chi connectivity index (χ4n) is 3.82. The number of benzene rings is 1. The SMILES string of the molecule is CC1Cc2ccccc2N1c1cncc(C(=O)NC2CCS(=O)(=O)C2)c1. The first-order valence-electron chi connectivity index (χ1n) is 8.76. The van der Waals surface area contributed by atoms with Gasteiger partial charge in [-0.1, -0.05) is 18.2 Å². The molecule has 2 aromatic rings. The van der Waals surface area contributed by atoms with E-state index in [9.17, 15) is 13.2 Å². The van der Waals surface area contributed by atoms with Crippen molar-refractivity contribution >= 4 is 27.1 Å². The van der Waals surface area contributed by atoms with Gasteiger partial charge in [-0.2, -0.15) is 0 Å². The van der Waals surface area contributed by atoms with Crippen molar-refractivity contribution in [3.63, 3.8) is 0 Å². The molecule has 1 fully saturated rings. The van der Waals surface area contributed by atoms with Crippen LogP contribution < -0.4 is 10.2 Å². The van der Waals surface area contributed by atoms with Crippen molar-refractivity contribution in [2.45, 2.75) is 31.8 Å². The van der Waals surface area contributed by atoms with Gasteiger partial charge in [0.15, 0.2) is 9.84 Å². The lowest BCUT2D eigenvalue weighted by Crippen LogP contribution is -2.35. The highest BCUT2D eigenvalue weighted by Gasteiger charge is 2.30. The van der Waals surface area contributed by atoms with Crippen LogP contribution in [0, 0.1) is 0 Å². The van der Waals surface area contributed by atoms with E-state index >= 15 is 0 Å². The number of para-hydroxylation sites is 1. The molecular formula is C19H21N3O3S. The van der Waals surface area contributed by atoms with E-state index in [2.05, 4.69) is 34.3 Å². The third-order valence-corrected chi connectivity index (χ3v) is 6.81. The van der Waals surface area contributed by atoms with Gasteiger partial charge in [-0.3, -0.25) is 9.78 Å². The Morgan fingerprint density at radius 2 is 2.08 bits per heavy atom. The Morgan fingerprint density at radius 3 is 2.85 bits per heavy atom. The Bertz CT molecular complexity index is 958. The molecular weight excluding hydrogens is 350 g/mol. The minimum absolute atomic E-state index is 0.0163. The Labute approximate surface area is 153 Å². The molecule has 0 bridgehead atoms. The minimum atomic E-state index is -3.02. The number of carbonyl (C=O) groups is 1. The molecule has 26 heavy (non-hydrogen) atoms. The van der Waals surface area contributed by atoms with Crippen LogP contribution >= 0.6 is 0 Å². The molecule has 1 amide bonds. The summed E-state index contributed by atoms with van der Waals surface area (Å²) in [6, 6.07) is 10.0. The van der Waals surface area contributed by atoms with Crippen LogP contribution in [0.2, 0.25) is 0 Å². The summed E-state index contributed by atoms with van der Waals surface area (Å²) in [5.41, 5.74) is 3.74. The summed E-state index contributed by atoms with van der Waals surface area (Å²) in [7, 11) is -3.02. The number of fused-ring (bicyclic) bond motifs is 1. The van der Waals surface area contributed by atoms with Crippen LogP contribution in [0.1, 0.15) is 29.3 Å². The predicted molar refractivity (Wildman–Crippen MR) is 101 cm³/mol. The van der Waals surface area contributed by atoms with Gasteiger partial charge in [0.2, 0.25) is 0 Å². The molecule has 4 rings (SSSR count). The number of sulfone groups is 1. The van der Waals surface area contributed by atoms with Crippen molar-refractivity contribution in [3.8, 4) is 0 Å². The van der Waals surface area contributed by atoms with Gasteiger partial charge in [-0.05, 0) is 37.5 Å². The lowest BCUT2D eigenvalue weighted by atomic mass is 10.1. The van der Waals surface area contributed by atoms with E-state index < -0.39 is 9.84 Å². The van der Waals surface area contributed by atoms with Gasteiger partial charge in [0.25, 0.3) is 5.91 Å². The number of nitrogens with one attached hydrogen (secondary N) is 1. The smallest absolute Gasteiger partial charge is 0.253 e. The predicted octanol–water partition coefficient (Wildman–Crippen LogP) is 2.08. The van der Waals surface area contributed by atoms with E-state index in [1.807, 2.05) is 18.2 Å². The third-order valence-electron chi connectivity index (χ3n) is 5.04. The largest absolute Gasteiger partial charge is 0.348 e. The highest BCUT2D eigenvalue weighted by molar-refractivity contribution is 7.91. The Hall–Kier alpha value is -2.41. The van der Waals surface area contributed by atoms with Crippen LogP contribution in [0.5, 0.6) is 0 Å². The number of hydrogen-bond donors (Lipinski definition) is 1. The second kappa shape index (κ2) is 6.39. The number of rotatable bonds is 3. The van der Waals surface area contributed by atoms with Crippen LogP contribution in [0.25, 0.3) is 0 Å². The molecule has 3 heterocycles. The Morgan fingerprint density at radius 1 is 1.27 bits per heavy atom. The maximum atomic E-state index is 12.5. The topological polar surface area (TPSA) is 79.4 Å². The zero-order valence-electron chi connectivity index (χ0n) is 14.6. The first kappa shape index (κ1) is 17.0. The third kappa shape index (κ3) is 3.19. The molecule has 0 spiro atoms. The Kier molecular flexibility index (Phi) is 4.19. The fourth-order valence-corrected chi connectivity index (χ4v) is 5.49. The first-order chi connectivity index (χ1) is 12.4. The summed E-state index contributed by atoms with van der Waals surface area (Å²) < 4.78 is 23.1. The molecule has 1 aromatic carbocycles. The quantitative estimate of drug-likeness (QED) is 0.894. The molecule has 0 aliphatic carbocycles. The van der Waals surface area contributed by atoms with Gasteiger partial charge < -0.3 is 10.2 Å². The van der Waals surface area contributed by atoms with E-state index in [-0.39, 0.29) is 29.5 Å². The monoisotopic (exact) mass is 371 g/mol. The highest BCUT2D eigenvalue weighted by atomic mass is 32.2. The van der Waals surface area contributed by atoms with E-state index in [1.54, 1.807) is 6.20 Å². The molecule has 6 nitrogen and oxygen atoms in total. The number of hydrogen-bond acceptors (Lipinski definition) is 5. The van der Waals surface area contributed by atoms with Gasteiger partial charge in [0.1, 0.15) is 0 Å². The van der Waals surface area contributed by atoms with Crippen LogP contribution in [-0.4, -0.2) is 42.9 Å². The second-order valence-electron chi connectivity index (χ2n) is 7.06. The minimum Gasteiger partial charge on any atom is -0.348 e. The summed E-state index contributed by atoms with van der Waals surface area (Å²) in [5, 5.41) is 2.82. The number of aromatic nitrogens is 1. The molecule has 1 aromatic heterocycles. The molecule has 2 atom stereocenters. The van der Waals surface area contributed by atoms with Crippen molar-refractivity contribution in [2.24, 2.45) is 0 Å². The van der Waals surface area contributed by atoms with Crippen LogP contribution in [0.4, 0.5) is 11.4 Å². The van der Waals surface area contributed by atoms with Gasteiger partial charge in [-0.15, -0.1) is 0 Å². The van der Waals surface area contributed by atoms with Crippen LogP contribution in [0.3, 0.4) is 0 Å². The van der Waals surface area contributed by atoms with Crippen molar-refractivity contribution in [1.29, 1.82) is 0 Å². The number of anilines is 2. The lowest BCUT2D eigenvalue weighted by molar-refractivity contribution is 0.0941. The average molecular weight is 371 g/mol. The summed E-state index contributed by atoms with van der Waals surface area (Å²) in [6.07, 6.45) is 4.70. The maximum Gasteiger partial charge on any atom is 0.253 e. The molecule has 1 N–H and O–H groups in total.